The Labute approximate surface area is 139 Å². The van der Waals surface area contributed by atoms with Crippen LogP contribution in [0.15, 0.2) is 12.1 Å². The molecule has 0 radical (unpaired) electrons. The summed E-state index contributed by atoms with van der Waals surface area (Å²) in [5.41, 5.74) is 0. The number of likely N-dealkylation sites (tertiary alicyclic amines) is 1. The normalized spacial score (nSPS) is 21.1. The minimum atomic E-state index is -0.608. The van der Waals surface area contributed by atoms with Gasteiger partial charge in [-0.05, 0) is 31.4 Å². The highest BCUT2D eigenvalue weighted by Crippen LogP contribution is 2.22. The van der Waals surface area contributed by atoms with Crippen molar-refractivity contribution < 1.29 is 14.7 Å². The Morgan fingerprint density at radius 1 is 1.45 bits per heavy atom. The molecule has 5 nitrogen and oxygen atoms in total. The quantitative estimate of drug-likeness (QED) is 0.773. The lowest BCUT2D eigenvalue weighted by atomic mass is 10.1. The van der Waals surface area contributed by atoms with Crippen LogP contribution in [0.4, 0.5) is 0 Å². The summed E-state index contributed by atoms with van der Waals surface area (Å²) in [6.45, 7) is 2.24. The van der Waals surface area contributed by atoms with Crippen LogP contribution in [0.3, 0.4) is 0 Å². The maximum atomic E-state index is 12.1. The van der Waals surface area contributed by atoms with Crippen LogP contribution in [0.2, 0.25) is 4.34 Å². The van der Waals surface area contributed by atoms with Gasteiger partial charge in [0, 0.05) is 31.3 Å². The van der Waals surface area contributed by atoms with Crippen LogP contribution >= 0.6 is 22.9 Å². The minimum absolute atomic E-state index is 0.175. The second-order valence-corrected chi connectivity index (χ2v) is 7.33. The van der Waals surface area contributed by atoms with Gasteiger partial charge >= 0.3 is 0 Å². The van der Waals surface area contributed by atoms with Crippen molar-refractivity contribution in [2.75, 3.05) is 13.1 Å². The van der Waals surface area contributed by atoms with Crippen LogP contribution < -0.4 is 5.32 Å². The summed E-state index contributed by atoms with van der Waals surface area (Å²) in [6, 6.07) is 3.38. The molecule has 2 heterocycles. The highest BCUT2D eigenvalue weighted by molar-refractivity contribution is 7.16. The Hall–Kier alpha value is -1.11. The van der Waals surface area contributed by atoms with Gasteiger partial charge in [-0.3, -0.25) is 9.59 Å². The van der Waals surface area contributed by atoms with Crippen molar-refractivity contribution in [3.63, 3.8) is 0 Å². The van der Waals surface area contributed by atoms with Crippen molar-refractivity contribution >= 4 is 34.8 Å². The highest BCUT2D eigenvalue weighted by atomic mass is 35.5. The molecule has 7 heteroatoms. The maximum absolute atomic E-state index is 12.1. The van der Waals surface area contributed by atoms with E-state index in [0.717, 1.165) is 23.6 Å². The number of thiophene rings is 1. The number of aliphatic hydroxyl groups is 1. The predicted molar refractivity (Wildman–Crippen MR) is 87.1 cm³/mol. The van der Waals surface area contributed by atoms with Gasteiger partial charge < -0.3 is 15.3 Å². The molecule has 122 valence electrons. The third-order valence-electron chi connectivity index (χ3n) is 3.76. The Morgan fingerprint density at radius 2 is 2.23 bits per heavy atom. The third kappa shape index (κ3) is 4.69. The molecule has 1 aliphatic heterocycles. The molecule has 1 fully saturated rings. The number of aryl methyl sites for hydroxylation is 1. The molecule has 2 N–H and O–H groups in total. The van der Waals surface area contributed by atoms with Gasteiger partial charge in [0.05, 0.1) is 10.4 Å². The number of amides is 2. The molecule has 0 bridgehead atoms. The second-order valence-electron chi connectivity index (χ2n) is 5.53. The van der Waals surface area contributed by atoms with Crippen LogP contribution in [-0.4, -0.2) is 47.1 Å². The summed E-state index contributed by atoms with van der Waals surface area (Å²) >= 11 is 7.46. The molecule has 0 spiro atoms. The maximum Gasteiger partial charge on any atom is 0.242 e. The van der Waals surface area contributed by atoms with Crippen molar-refractivity contribution in [3.8, 4) is 0 Å². The van der Waals surface area contributed by atoms with E-state index in [1.165, 1.54) is 16.7 Å². The Balaban J connectivity index is 1.68. The first-order valence-electron chi connectivity index (χ1n) is 7.44. The first-order valence-corrected chi connectivity index (χ1v) is 8.64. The van der Waals surface area contributed by atoms with Crippen molar-refractivity contribution in [3.05, 3.63) is 21.3 Å². The SMILES string of the molecule is CC(=O)N1C[C@@H](O)C[C@@H]1C(=O)NCCCCc1ccc(Cl)s1. The zero-order valence-corrected chi connectivity index (χ0v) is 14.1. The number of carbonyl (C=O) groups is 2. The van der Waals surface area contributed by atoms with Crippen LogP contribution in [-0.2, 0) is 16.0 Å². The summed E-state index contributed by atoms with van der Waals surface area (Å²) in [4.78, 5) is 26.3. The Bertz CT molecular complexity index is 535. The number of unbranched alkanes of at least 4 members (excludes halogenated alkanes) is 1. The van der Waals surface area contributed by atoms with E-state index < -0.39 is 12.1 Å². The molecule has 22 heavy (non-hydrogen) atoms. The summed E-state index contributed by atoms with van der Waals surface area (Å²) in [5, 5.41) is 12.5. The first kappa shape index (κ1) is 17.2. The van der Waals surface area contributed by atoms with Gasteiger partial charge in [-0.1, -0.05) is 11.6 Å². The van der Waals surface area contributed by atoms with E-state index in [2.05, 4.69) is 5.32 Å². The molecular formula is C15H21ClN2O3S. The second kappa shape index (κ2) is 7.94. The number of hydrogen-bond acceptors (Lipinski definition) is 4. The lowest BCUT2D eigenvalue weighted by Gasteiger charge is -2.21. The number of aliphatic hydroxyl groups excluding tert-OH is 1. The molecule has 1 aliphatic rings. The molecule has 1 aromatic heterocycles. The van der Waals surface area contributed by atoms with Gasteiger partial charge in [0.25, 0.3) is 0 Å². The lowest BCUT2D eigenvalue weighted by molar-refractivity contribution is -0.136. The van der Waals surface area contributed by atoms with Crippen LogP contribution in [0.25, 0.3) is 0 Å². The molecule has 2 rings (SSSR count). The fourth-order valence-corrected chi connectivity index (χ4v) is 3.78. The van der Waals surface area contributed by atoms with E-state index in [9.17, 15) is 14.7 Å². The van der Waals surface area contributed by atoms with Crippen molar-refractivity contribution in [2.24, 2.45) is 0 Å². The molecular weight excluding hydrogens is 324 g/mol. The molecule has 1 saturated heterocycles. The summed E-state index contributed by atoms with van der Waals surface area (Å²) < 4.78 is 0.799. The smallest absolute Gasteiger partial charge is 0.242 e. The van der Waals surface area contributed by atoms with Crippen molar-refractivity contribution in [1.82, 2.24) is 10.2 Å². The number of nitrogens with zero attached hydrogens (tertiary/aromatic N) is 1. The average Bonchev–Trinajstić information content (AvgIpc) is 3.04. The number of halogens is 1. The van der Waals surface area contributed by atoms with Gasteiger partial charge in [0.2, 0.25) is 11.8 Å². The largest absolute Gasteiger partial charge is 0.391 e. The molecule has 0 aliphatic carbocycles. The minimum Gasteiger partial charge on any atom is -0.391 e. The highest BCUT2D eigenvalue weighted by Gasteiger charge is 2.37. The fraction of sp³-hybridized carbons (Fsp3) is 0.600. The Kier molecular flexibility index (Phi) is 6.23. The average molecular weight is 345 g/mol. The topological polar surface area (TPSA) is 69.6 Å². The molecule has 2 atom stereocenters. The molecule has 0 unspecified atom stereocenters. The fourth-order valence-electron chi connectivity index (χ4n) is 2.65. The zero-order valence-electron chi connectivity index (χ0n) is 12.5. The number of nitrogens with one attached hydrogen (secondary N) is 1. The third-order valence-corrected chi connectivity index (χ3v) is 5.06. The van der Waals surface area contributed by atoms with E-state index in [4.69, 9.17) is 11.6 Å². The van der Waals surface area contributed by atoms with Crippen molar-refractivity contribution in [2.45, 2.75) is 44.8 Å². The van der Waals surface area contributed by atoms with Crippen molar-refractivity contribution in [1.29, 1.82) is 0 Å². The van der Waals surface area contributed by atoms with Crippen LogP contribution in [0.1, 0.15) is 31.1 Å². The Morgan fingerprint density at radius 3 is 2.86 bits per heavy atom. The van der Waals surface area contributed by atoms with E-state index in [1.54, 1.807) is 11.3 Å². The van der Waals surface area contributed by atoms with E-state index in [-0.39, 0.29) is 18.4 Å². The number of carbonyl (C=O) groups excluding carboxylic acids is 2. The lowest BCUT2D eigenvalue weighted by Crippen LogP contribution is -2.45. The van der Waals surface area contributed by atoms with Gasteiger partial charge in [-0.2, -0.15) is 0 Å². The van der Waals surface area contributed by atoms with Gasteiger partial charge in [-0.25, -0.2) is 0 Å². The van der Waals surface area contributed by atoms with Crippen LogP contribution in [0.5, 0.6) is 0 Å². The number of hydrogen-bond donors (Lipinski definition) is 2. The molecule has 1 aromatic rings. The molecule has 0 saturated carbocycles. The monoisotopic (exact) mass is 344 g/mol. The van der Waals surface area contributed by atoms with Gasteiger partial charge in [0.1, 0.15) is 6.04 Å². The van der Waals surface area contributed by atoms with E-state index in [0.29, 0.717) is 13.0 Å². The zero-order chi connectivity index (χ0) is 16.1. The number of β-amino-alcohol motifs (C(OH)–C–C–N with tert-alkyl or cyclic N) is 1. The number of rotatable bonds is 6. The summed E-state index contributed by atoms with van der Waals surface area (Å²) in [5.74, 6) is -0.350. The van der Waals surface area contributed by atoms with Crippen LogP contribution in [0, 0.1) is 0 Å². The molecule has 0 aromatic carbocycles. The summed E-state index contributed by atoms with van der Waals surface area (Å²) in [7, 11) is 0. The first-order chi connectivity index (χ1) is 10.5. The predicted octanol–water partition coefficient (Wildman–Crippen LogP) is 1.82. The molecule has 2 amide bonds. The van der Waals surface area contributed by atoms with E-state index in [1.807, 2.05) is 12.1 Å². The summed E-state index contributed by atoms with van der Waals surface area (Å²) in [6.07, 6.45) is 2.51. The van der Waals surface area contributed by atoms with E-state index >= 15 is 0 Å². The van der Waals surface area contributed by atoms with Gasteiger partial charge in [0.15, 0.2) is 0 Å². The standard InChI is InChI=1S/C15H21ClN2O3S/c1-10(19)18-9-11(20)8-13(18)15(21)17-7-3-2-4-12-5-6-14(16)22-12/h5-6,11,13,20H,2-4,7-9H2,1H3,(H,17,21)/t11-,13+/m0/s1. The van der Waals surface area contributed by atoms with Gasteiger partial charge in [-0.15, -0.1) is 11.3 Å².